The van der Waals surface area contributed by atoms with E-state index in [0.29, 0.717) is 11.4 Å². The summed E-state index contributed by atoms with van der Waals surface area (Å²) >= 11 is 0. The summed E-state index contributed by atoms with van der Waals surface area (Å²) in [5.74, 6) is -1.12. The predicted molar refractivity (Wildman–Crippen MR) is 56.8 cm³/mol. The van der Waals surface area contributed by atoms with Crippen LogP contribution in [0.5, 0.6) is 0 Å². The maximum Gasteiger partial charge on any atom is 0.356 e. The van der Waals surface area contributed by atoms with E-state index in [1.54, 1.807) is 19.1 Å². The zero-order chi connectivity index (χ0) is 11.3. The molecule has 6 nitrogen and oxygen atoms in total. The number of hydrazone groups is 1. The molecule has 78 valence electrons. The van der Waals surface area contributed by atoms with Gasteiger partial charge >= 0.3 is 5.97 Å². The molecular formula is C9H10N4O2. The quantitative estimate of drug-likeness (QED) is 0.508. The van der Waals surface area contributed by atoms with Crippen molar-refractivity contribution in [3.05, 3.63) is 23.5 Å². The Labute approximate surface area is 86.2 Å². The number of aromatic nitrogens is 1. The number of hydrogen-bond acceptors (Lipinski definition) is 5. The lowest BCUT2D eigenvalue weighted by atomic mass is 10.2. The molecule has 1 aromatic rings. The molecule has 3 N–H and O–H groups in total. The minimum absolute atomic E-state index is 0.0860. The summed E-state index contributed by atoms with van der Waals surface area (Å²) < 4.78 is 0. The van der Waals surface area contributed by atoms with Gasteiger partial charge in [-0.2, -0.15) is 5.10 Å². The highest BCUT2D eigenvalue weighted by Crippen LogP contribution is 2.13. The van der Waals surface area contributed by atoms with E-state index in [1.165, 1.54) is 6.21 Å². The highest BCUT2D eigenvalue weighted by molar-refractivity contribution is 6.14. The number of anilines is 1. The van der Waals surface area contributed by atoms with Gasteiger partial charge < -0.3 is 10.5 Å². The molecule has 1 rings (SSSR count). The molecular weight excluding hydrogens is 196 g/mol. The maximum absolute atomic E-state index is 10.8. The summed E-state index contributed by atoms with van der Waals surface area (Å²) in [5, 5.41) is 19.2. The average molecular weight is 206 g/mol. The average Bonchev–Trinajstić information content (AvgIpc) is 2.20. The zero-order valence-electron chi connectivity index (χ0n) is 8.06. The second-order valence-corrected chi connectivity index (χ2v) is 2.71. The minimum atomic E-state index is -1.12. The van der Waals surface area contributed by atoms with Crippen LogP contribution in [0.15, 0.2) is 17.2 Å². The van der Waals surface area contributed by atoms with Gasteiger partial charge in [-0.05, 0) is 19.1 Å². The Kier molecular flexibility index (Phi) is 3.50. The van der Waals surface area contributed by atoms with E-state index in [2.05, 4.69) is 15.5 Å². The maximum atomic E-state index is 10.8. The number of carboxylic acid groups (broad SMARTS) is 1. The Morgan fingerprint density at radius 2 is 2.40 bits per heavy atom. The van der Waals surface area contributed by atoms with Gasteiger partial charge in [-0.1, -0.05) is 0 Å². The zero-order valence-corrected chi connectivity index (χ0v) is 8.06. The normalized spacial score (nSPS) is 10.2. The lowest BCUT2D eigenvalue weighted by Crippen LogP contribution is -2.06. The molecule has 0 unspecified atom stereocenters. The molecule has 0 spiro atoms. The third-order valence-electron chi connectivity index (χ3n) is 1.57. The van der Waals surface area contributed by atoms with Gasteiger partial charge in [0.05, 0.1) is 11.9 Å². The molecule has 0 atom stereocenters. The van der Waals surface area contributed by atoms with Crippen LogP contribution in [0.2, 0.25) is 0 Å². The molecule has 0 aliphatic carbocycles. The van der Waals surface area contributed by atoms with E-state index < -0.39 is 5.97 Å². The fraction of sp³-hybridized carbons (Fsp3) is 0.111. The number of nitrogens with zero attached hydrogens (tertiary/aromatic N) is 2. The van der Waals surface area contributed by atoms with Gasteiger partial charge in [-0.25, -0.2) is 9.78 Å². The summed E-state index contributed by atoms with van der Waals surface area (Å²) in [5.41, 5.74) is 3.33. The summed E-state index contributed by atoms with van der Waals surface area (Å²) in [6.45, 7) is 1.71. The van der Waals surface area contributed by atoms with Gasteiger partial charge in [0.25, 0.3) is 0 Å². The van der Waals surface area contributed by atoms with Crippen LogP contribution in [0, 0.1) is 12.3 Å². The van der Waals surface area contributed by atoms with Crippen LogP contribution in [0.25, 0.3) is 0 Å². The Morgan fingerprint density at radius 1 is 1.67 bits per heavy atom. The molecule has 0 aliphatic rings. The first-order valence-corrected chi connectivity index (χ1v) is 4.14. The lowest BCUT2D eigenvalue weighted by Gasteiger charge is -2.04. The third kappa shape index (κ3) is 2.87. The molecule has 6 heteroatoms. The van der Waals surface area contributed by atoms with Gasteiger partial charge in [0.15, 0.2) is 5.69 Å². The van der Waals surface area contributed by atoms with Crippen molar-refractivity contribution in [3.8, 4) is 0 Å². The monoisotopic (exact) mass is 206 g/mol. The smallest absolute Gasteiger partial charge is 0.356 e. The van der Waals surface area contributed by atoms with Crippen molar-refractivity contribution in [1.29, 1.82) is 5.41 Å². The standard InChI is InChI=1S/C9H10N4O2/c1-6-2-3-7(13-11-5-4-10)8(12-6)9(14)15/h2-5,10,13H,1H3,(H,14,15)/b10-4?,11-5-. The number of pyridine rings is 1. The van der Waals surface area contributed by atoms with Crippen LogP contribution in [0.3, 0.4) is 0 Å². The van der Waals surface area contributed by atoms with E-state index in [1.807, 2.05) is 0 Å². The molecule has 0 fully saturated rings. The SMILES string of the molecule is Cc1ccc(N/N=C\C=N)c(C(=O)O)n1. The molecule has 0 amide bonds. The summed E-state index contributed by atoms with van der Waals surface area (Å²) in [4.78, 5) is 14.7. The molecule has 15 heavy (non-hydrogen) atoms. The second kappa shape index (κ2) is 4.85. The Balaban J connectivity index is 3.00. The van der Waals surface area contributed by atoms with Crippen molar-refractivity contribution >= 4 is 24.1 Å². The lowest BCUT2D eigenvalue weighted by molar-refractivity contribution is 0.0691. The Morgan fingerprint density at radius 3 is 3.00 bits per heavy atom. The van der Waals surface area contributed by atoms with Crippen molar-refractivity contribution in [2.75, 3.05) is 5.43 Å². The van der Waals surface area contributed by atoms with Crippen molar-refractivity contribution in [2.45, 2.75) is 6.92 Å². The fourth-order valence-electron chi connectivity index (χ4n) is 0.954. The number of hydrogen-bond donors (Lipinski definition) is 3. The van der Waals surface area contributed by atoms with Crippen molar-refractivity contribution in [1.82, 2.24) is 4.98 Å². The van der Waals surface area contributed by atoms with Crippen LogP contribution < -0.4 is 5.43 Å². The number of carbonyl (C=O) groups is 1. The van der Waals surface area contributed by atoms with Gasteiger partial charge in [0.1, 0.15) is 0 Å². The summed E-state index contributed by atoms with van der Waals surface area (Å²) in [6, 6.07) is 3.25. The highest BCUT2D eigenvalue weighted by Gasteiger charge is 2.11. The first-order chi connectivity index (χ1) is 7.15. The molecule has 0 aliphatic heterocycles. The second-order valence-electron chi connectivity index (χ2n) is 2.71. The van der Waals surface area contributed by atoms with Crippen molar-refractivity contribution < 1.29 is 9.90 Å². The number of carboxylic acids is 1. The number of nitrogens with one attached hydrogen (secondary N) is 2. The van der Waals surface area contributed by atoms with E-state index in [0.717, 1.165) is 6.21 Å². The topological polar surface area (TPSA) is 98.4 Å². The molecule has 0 bridgehead atoms. The molecule has 0 radical (unpaired) electrons. The first-order valence-electron chi connectivity index (χ1n) is 4.14. The fourth-order valence-corrected chi connectivity index (χ4v) is 0.954. The Bertz CT molecular complexity index is 415. The van der Waals surface area contributed by atoms with Gasteiger partial charge in [0, 0.05) is 11.9 Å². The molecule has 1 heterocycles. The number of aromatic carboxylic acids is 1. The largest absolute Gasteiger partial charge is 0.476 e. The Hall–Kier alpha value is -2.24. The predicted octanol–water partition coefficient (Wildman–Crippen LogP) is 1.14. The van der Waals surface area contributed by atoms with Gasteiger partial charge in [-0.3, -0.25) is 5.43 Å². The van der Waals surface area contributed by atoms with Crippen LogP contribution in [0.1, 0.15) is 16.2 Å². The first kappa shape index (κ1) is 10.8. The molecule has 1 aromatic heterocycles. The van der Waals surface area contributed by atoms with E-state index >= 15 is 0 Å². The molecule has 0 saturated heterocycles. The van der Waals surface area contributed by atoms with Crippen LogP contribution in [-0.2, 0) is 0 Å². The number of rotatable bonds is 4. The van der Waals surface area contributed by atoms with Crippen LogP contribution >= 0.6 is 0 Å². The van der Waals surface area contributed by atoms with E-state index in [-0.39, 0.29) is 5.69 Å². The third-order valence-corrected chi connectivity index (χ3v) is 1.57. The highest BCUT2D eigenvalue weighted by atomic mass is 16.4. The summed E-state index contributed by atoms with van der Waals surface area (Å²) in [7, 11) is 0. The number of aryl methyl sites for hydroxylation is 1. The van der Waals surface area contributed by atoms with Crippen LogP contribution in [-0.4, -0.2) is 28.5 Å². The van der Waals surface area contributed by atoms with Crippen molar-refractivity contribution in [2.24, 2.45) is 5.10 Å². The van der Waals surface area contributed by atoms with Crippen LogP contribution in [0.4, 0.5) is 5.69 Å². The molecule has 0 aromatic carbocycles. The molecule has 0 saturated carbocycles. The van der Waals surface area contributed by atoms with E-state index in [4.69, 9.17) is 10.5 Å². The minimum Gasteiger partial charge on any atom is -0.476 e. The summed E-state index contributed by atoms with van der Waals surface area (Å²) in [6.07, 6.45) is 2.18. The van der Waals surface area contributed by atoms with E-state index in [9.17, 15) is 4.79 Å². The van der Waals surface area contributed by atoms with Gasteiger partial charge in [0.2, 0.25) is 0 Å². The van der Waals surface area contributed by atoms with Gasteiger partial charge in [-0.15, -0.1) is 0 Å². The van der Waals surface area contributed by atoms with Crippen molar-refractivity contribution in [3.63, 3.8) is 0 Å².